The van der Waals surface area contributed by atoms with Crippen molar-refractivity contribution in [3.63, 3.8) is 0 Å². The summed E-state index contributed by atoms with van der Waals surface area (Å²) in [6, 6.07) is 8.19. The number of likely N-dealkylation sites (N-methyl/N-ethyl adjacent to an activating group) is 1. The van der Waals surface area contributed by atoms with Crippen molar-refractivity contribution in [3.05, 3.63) is 24.3 Å². The van der Waals surface area contributed by atoms with Crippen molar-refractivity contribution < 1.29 is 9.53 Å². The van der Waals surface area contributed by atoms with Gasteiger partial charge in [-0.25, -0.2) is 0 Å². The number of morpholine rings is 1. The average Bonchev–Trinajstić information content (AvgIpc) is 2.70. The van der Waals surface area contributed by atoms with Crippen LogP contribution in [0.2, 0.25) is 0 Å². The van der Waals surface area contributed by atoms with E-state index in [2.05, 4.69) is 44.5 Å². The first-order valence-corrected chi connectivity index (χ1v) is 10.0. The lowest BCUT2D eigenvalue weighted by Gasteiger charge is -2.34. The summed E-state index contributed by atoms with van der Waals surface area (Å²) >= 11 is 0. The second kappa shape index (κ2) is 10.6. The quantitative estimate of drug-likeness (QED) is 0.652. The van der Waals surface area contributed by atoms with Crippen LogP contribution < -0.4 is 15.5 Å². The van der Waals surface area contributed by atoms with E-state index >= 15 is 0 Å². The molecule has 1 aromatic carbocycles. The Bertz CT molecular complexity index is 566. The fourth-order valence-electron chi connectivity index (χ4n) is 3.43. The molecule has 2 aliphatic heterocycles. The maximum Gasteiger partial charge on any atom is 0.225 e. The molecule has 2 saturated heterocycles. The number of ether oxygens (including phenoxy) is 1. The number of hydrogen-bond donors (Lipinski definition) is 2. The van der Waals surface area contributed by atoms with Gasteiger partial charge < -0.3 is 25.2 Å². The zero-order chi connectivity index (χ0) is 18.9. The molecule has 0 saturated carbocycles. The van der Waals surface area contributed by atoms with E-state index in [-0.39, 0.29) is 5.91 Å². The molecule has 7 nitrogen and oxygen atoms in total. The number of amides is 1. The van der Waals surface area contributed by atoms with E-state index in [9.17, 15) is 4.79 Å². The van der Waals surface area contributed by atoms with E-state index in [0.29, 0.717) is 13.0 Å². The first-order valence-electron chi connectivity index (χ1n) is 10.0. The molecule has 3 rings (SSSR count). The van der Waals surface area contributed by atoms with Gasteiger partial charge in [0.15, 0.2) is 0 Å². The van der Waals surface area contributed by atoms with E-state index in [0.717, 1.165) is 71.3 Å². The number of anilines is 2. The molecule has 0 aromatic heterocycles. The molecule has 150 valence electrons. The Labute approximate surface area is 162 Å². The maximum absolute atomic E-state index is 12.1. The molecular weight excluding hydrogens is 342 g/mol. The second-order valence-corrected chi connectivity index (χ2v) is 7.34. The van der Waals surface area contributed by atoms with Gasteiger partial charge in [0, 0.05) is 76.7 Å². The zero-order valence-corrected chi connectivity index (χ0v) is 16.5. The summed E-state index contributed by atoms with van der Waals surface area (Å²) in [7, 11) is 2.16. The van der Waals surface area contributed by atoms with Crippen molar-refractivity contribution in [2.75, 3.05) is 89.4 Å². The summed E-state index contributed by atoms with van der Waals surface area (Å²) in [6.45, 7) is 10.6. The summed E-state index contributed by atoms with van der Waals surface area (Å²) in [6.07, 6.45) is 0.489. The molecule has 0 spiro atoms. The molecule has 0 aliphatic carbocycles. The van der Waals surface area contributed by atoms with Gasteiger partial charge in [-0.2, -0.15) is 0 Å². The predicted octanol–water partition coefficient (Wildman–Crippen LogP) is 0.689. The van der Waals surface area contributed by atoms with Crippen LogP contribution >= 0.6 is 0 Å². The van der Waals surface area contributed by atoms with Gasteiger partial charge in [0.25, 0.3) is 0 Å². The average molecular weight is 376 g/mol. The molecule has 27 heavy (non-hydrogen) atoms. The standard InChI is InChI=1S/C20H33N5O2/c1-23-10-12-25(13-11-23)19-4-2-18(3-5-19)22-20(26)6-7-21-8-9-24-14-16-27-17-15-24/h2-5,21H,6-17H2,1H3,(H,22,26). The van der Waals surface area contributed by atoms with Gasteiger partial charge in [0.1, 0.15) is 0 Å². The zero-order valence-electron chi connectivity index (χ0n) is 16.5. The molecule has 0 radical (unpaired) electrons. The number of piperazine rings is 1. The third kappa shape index (κ3) is 6.77. The Morgan fingerprint density at radius 3 is 2.41 bits per heavy atom. The van der Waals surface area contributed by atoms with Crippen LogP contribution in [-0.2, 0) is 9.53 Å². The highest BCUT2D eigenvalue weighted by Crippen LogP contribution is 2.19. The van der Waals surface area contributed by atoms with Gasteiger partial charge in [-0.15, -0.1) is 0 Å². The van der Waals surface area contributed by atoms with Crippen molar-refractivity contribution >= 4 is 17.3 Å². The van der Waals surface area contributed by atoms with Crippen LogP contribution in [0, 0.1) is 0 Å². The largest absolute Gasteiger partial charge is 0.379 e. The number of benzene rings is 1. The van der Waals surface area contributed by atoms with Crippen molar-refractivity contribution in [1.29, 1.82) is 0 Å². The second-order valence-electron chi connectivity index (χ2n) is 7.34. The number of carbonyl (C=O) groups is 1. The molecule has 2 fully saturated rings. The van der Waals surface area contributed by atoms with Gasteiger partial charge >= 0.3 is 0 Å². The van der Waals surface area contributed by atoms with Gasteiger partial charge in [-0.3, -0.25) is 9.69 Å². The highest BCUT2D eigenvalue weighted by molar-refractivity contribution is 5.91. The van der Waals surface area contributed by atoms with Crippen LogP contribution in [0.25, 0.3) is 0 Å². The highest BCUT2D eigenvalue weighted by atomic mass is 16.5. The van der Waals surface area contributed by atoms with E-state index in [1.165, 1.54) is 5.69 Å². The maximum atomic E-state index is 12.1. The van der Waals surface area contributed by atoms with Gasteiger partial charge in [0.05, 0.1) is 13.2 Å². The van der Waals surface area contributed by atoms with Crippen molar-refractivity contribution in [2.45, 2.75) is 6.42 Å². The van der Waals surface area contributed by atoms with Crippen LogP contribution in [-0.4, -0.2) is 94.9 Å². The summed E-state index contributed by atoms with van der Waals surface area (Å²) in [5.41, 5.74) is 2.09. The number of nitrogens with zero attached hydrogens (tertiary/aromatic N) is 3. The number of nitrogens with one attached hydrogen (secondary N) is 2. The topological polar surface area (TPSA) is 60.1 Å². The van der Waals surface area contributed by atoms with Crippen molar-refractivity contribution in [1.82, 2.24) is 15.1 Å². The van der Waals surface area contributed by atoms with E-state index in [1.54, 1.807) is 0 Å². The van der Waals surface area contributed by atoms with Gasteiger partial charge in [-0.1, -0.05) is 0 Å². The number of hydrogen-bond acceptors (Lipinski definition) is 6. The summed E-state index contributed by atoms with van der Waals surface area (Å²) in [4.78, 5) is 19.2. The Morgan fingerprint density at radius 1 is 1.00 bits per heavy atom. The molecule has 7 heteroatoms. The Hall–Kier alpha value is -1.67. The third-order valence-corrected chi connectivity index (χ3v) is 5.26. The normalized spacial score (nSPS) is 19.2. The molecule has 0 bridgehead atoms. The number of carbonyl (C=O) groups excluding carboxylic acids is 1. The van der Waals surface area contributed by atoms with Crippen LogP contribution in [0.1, 0.15) is 6.42 Å². The van der Waals surface area contributed by atoms with Gasteiger partial charge in [-0.05, 0) is 31.3 Å². The summed E-state index contributed by atoms with van der Waals surface area (Å²) < 4.78 is 5.34. The molecule has 0 unspecified atom stereocenters. The SMILES string of the molecule is CN1CCN(c2ccc(NC(=O)CCNCCN3CCOCC3)cc2)CC1. The van der Waals surface area contributed by atoms with Crippen LogP contribution in [0.15, 0.2) is 24.3 Å². The Morgan fingerprint density at radius 2 is 1.70 bits per heavy atom. The van der Waals surface area contributed by atoms with Crippen LogP contribution in [0.3, 0.4) is 0 Å². The fourth-order valence-corrected chi connectivity index (χ4v) is 3.43. The minimum Gasteiger partial charge on any atom is -0.379 e. The first-order chi connectivity index (χ1) is 13.2. The molecule has 2 N–H and O–H groups in total. The third-order valence-electron chi connectivity index (χ3n) is 5.26. The monoisotopic (exact) mass is 375 g/mol. The number of rotatable bonds is 8. The summed E-state index contributed by atoms with van der Waals surface area (Å²) in [5, 5.41) is 6.34. The molecule has 1 amide bonds. The van der Waals surface area contributed by atoms with E-state index < -0.39 is 0 Å². The fraction of sp³-hybridized carbons (Fsp3) is 0.650. The molecular formula is C20H33N5O2. The molecule has 1 aromatic rings. The van der Waals surface area contributed by atoms with Crippen LogP contribution in [0.4, 0.5) is 11.4 Å². The van der Waals surface area contributed by atoms with Gasteiger partial charge in [0.2, 0.25) is 5.91 Å². The van der Waals surface area contributed by atoms with Crippen LogP contribution in [0.5, 0.6) is 0 Å². The molecule has 2 aliphatic rings. The lowest BCUT2D eigenvalue weighted by molar-refractivity contribution is -0.116. The van der Waals surface area contributed by atoms with E-state index in [4.69, 9.17) is 4.74 Å². The first kappa shape index (κ1) is 20.1. The smallest absolute Gasteiger partial charge is 0.225 e. The predicted molar refractivity (Wildman–Crippen MR) is 110 cm³/mol. The van der Waals surface area contributed by atoms with E-state index in [1.807, 2.05) is 12.1 Å². The lowest BCUT2D eigenvalue weighted by atomic mass is 10.2. The summed E-state index contributed by atoms with van der Waals surface area (Å²) in [5.74, 6) is 0.0567. The van der Waals surface area contributed by atoms with Crippen molar-refractivity contribution in [2.24, 2.45) is 0 Å². The highest BCUT2D eigenvalue weighted by Gasteiger charge is 2.14. The molecule has 0 atom stereocenters. The minimum atomic E-state index is 0.0567. The van der Waals surface area contributed by atoms with Crippen molar-refractivity contribution in [3.8, 4) is 0 Å². The lowest BCUT2D eigenvalue weighted by Crippen LogP contribution is -2.44. The molecule has 2 heterocycles. The Kier molecular flexibility index (Phi) is 7.89. The minimum absolute atomic E-state index is 0.0567. The Balaban J connectivity index is 1.30.